The number of carbonyl (C=O) groups excluding carboxylic acids is 2. The van der Waals surface area contributed by atoms with Crippen LogP contribution in [0.25, 0.3) is 0 Å². The van der Waals surface area contributed by atoms with Crippen molar-refractivity contribution in [1.29, 1.82) is 0 Å². The van der Waals surface area contributed by atoms with Gasteiger partial charge in [0.1, 0.15) is 0 Å². The highest BCUT2D eigenvalue weighted by atomic mass is 16.5. The Hall–Kier alpha value is -1.85. The Balaban J connectivity index is 2.34. The van der Waals surface area contributed by atoms with Gasteiger partial charge in [0.2, 0.25) is 5.91 Å². The summed E-state index contributed by atoms with van der Waals surface area (Å²) in [4.78, 5) is 28.5. The van der Waals surface area contributed by atoms with Gasteiger partial charge in [0, 0.05) is 39.0 Å². The molecule has 1 amide bonds. The van der Waals surface area contributed by atoms with Crippen LogP contribution in [-0.2, 0) is 20.9 Å². The van der Waals surface area contributed by atoms with Crippen LogP contribution in [0.3, 0.4) is 0 Å². The molecule has 1 aromatic rings. The minimum atomic E-state index is -0.308. The fourth-order valence-corrected chi connectivity index (χ4v) is 1.62. The molecule has 1 rings (SSSR count). The van der Waals surface area contributed by atoms with Gasteiger partial charge in [-0.05, 0) is 0 Å². The summed E-state index contributed by atoms with van der Waals surface area (Å²) >= 11 is 0. The summed E-state index contributed by atoms with van der Waals surface area (Å²) < 4.78 is 6.46. The van der Waals surface area contributed by atoms with E-state index in [2.05, 4.69) is 9.72 Å². The zero-order valence-electron chi connectivity index (χ0n) is 11.0. The van der Waals surface area contributed by atoms with Crippen molar-refractivity contribution < 1.29 is 14.3 Å². The van der Waals surface area contributed by atoms with Crippen molar-refractivity contribution in [3.8, 4) is 0 Å². The van der Waals surface area contributed by atoms with Gasteiger partial charge in [0.05, 0.1) is 19.4 Å². The van der Waals surface area contributed by atoms with Crippen LogP contribution in [0.4, 0.5) is 0 Å². The summed E-state index contributed by atoms with van der Waals surface area (Å²) in [7, 11) is 3.04. The summed E-state index contributed by atoms with van der Waals surface area (Å²) in [5.41, 5.74) is 0. The highest BCUT2D eigenvalue weighted by Gasteiger charge is 2.18. The van der Waals surface area contributed by atoms with Gasteiger partial charge in [0.15, 0.2) is 0 Å². The Labute approximate surface area is 107 Å². The summed E-state index contributed by atoms with van der Waals surface area (Å²) in [5, 5.41) is 0. The van der Waals surface area contributed by atoms with E-state index in [1.807, 2.05) is 10.8 Å². The Kier molecular flexibility index (Phi) is 5.35. The van der Waals surface area contributed by atoms with E-state index in [9.17, 15) is 9.59 Å². The van der Waals surface area contributed by atoms with Gasteiger partial charge in [-0.15, -0.1) is 0 Å². The molecule has 1 unspecified atom stereocenters. The van der Waals surface area contributed by atoms with Crippen molar-refractivity contribution in [1.82, 2.24) is 14.5 Å². The third-order valence-corrected chi connectivity index (χ3v) is 2.72. The average Bonchev–Trinajstić information content (AvgIpc) is 2.87. The molecule has 0 aliphatic carbocycles. The number of rotatable bonds is 6. The number of methoxy groups -OCH3 is 1. The number of hydrogen-bond donors (Lipinski definition) is 0. The van der Waals surface area contributed by atoms with Crippen LogP contribution in [0, 0.1) is 5.92 Å². The molecule has 0 N–H and O–H groups in total. The smallest absolute Gasteiger partial charge is 0.310 e. The second-order valence-corrected chi connectivity index (χ2v) is 4.25. The predicted octanol–water partition coefficient (Wildman–Crippen LogP) is 0.541. The largest absolute Gasteiger partial charge is 0.469 e. The molecule has 0 aromatic carbocycles. The fraction of sp³-hybridized carbons (Fsp3) is 0.583. The van der Waals surface area contributed by atoms with E-state index >= 15 is 0 Å². The summed E-state index contributed by atoms with van der Waals surface area (Å²) in [6.45, 7) is 2.71. The van der Waals surface area contributed by atoms with E-state index in [0.29, 0.717) is 19.5 Å². The molecule has 6 nitrogen and oxygen atoms in total. The highest BCUT2D eigenvalue weighted by Crippen LogP contribution is 2.03. The fourth-order valence-electron chi connectivity index (χ4n) is 1.62. The molecule has 0 spiro atoms. The SMILES string of the molecule is COC(=O)C(C)CN(C)C(=O)CCn1ccnc1. The van der Waals surface area contributed by atoms with Gasteiger partial charge < -0.3 is 14.2 Å². The number of carbonyl (C=O) groups is 2. The molecule has 0 saturated heterocycles. The molecule has 0 aliphatic heterocycles. The number of nitrogens with zero attached hydrogens (tertiary/aromatic N) is 3. The highest BCUT2D eigenvalue weighted by molar-refractivity contribution is 5.77. The third-order valence-electron chi connectivity index (χ3n) is 2.72. The molecule has 6 heteroatoms. The zero-order valence-corrected chi connectivity index (χ0v) is 11.0. The quantitative estimate of drug-likeness (QED) is 0.694. The number of esters is 1. The molecular weight excluding hydrogens is 234 g/mol. The molecular formula is C12H19N3O3. The van der Waals surface area contributed by atoms with Gasteiger partial charge in [-0.2, -0.15) is 0 Å². The molecule has 1 atom stereocenters. The van der Waals surface area contributed by atoms with Gasteiger partial charge in [-0.3, -0.25) is 9.59 Å². The first kappa shape index (κ1) is 14.2. The molecule has 0 radical (unpaired) electrons. The van der Waals surface area contributed by atoms with E-state index in [-0.39, 0.29) is 17.8 Å². The molecule has 0 bridgehead atoms. The van der Waals surface area contributed by atoms with Crippen molar-refractivity contribution in [2.45, 2.75) is 19.9 Å². The van der Waals surface area contributed by atoms with E-state index in [4.69, 9.17) is 0 Å². The van der Waals surface area contributed by atoms with Gasteiger partial charge in [-0.1, -0.05) is 6.92 Å². The molecule has 1 aromatic heterocycles. The first-order valence-corrected chi connectivity index (χ1v) is 5.82. The predicted molar refractivity (Wildman–Crippen MR) is 65.7 cm³/mol. The minimum absolute atomic E-state index is 0.000506. The normalized spacial score (nSPS) is 11.9. The zero-order chi connectivity index (χ0) is 13.5. The topological polar surface area (TPSA) is 64.4 Å². The number of amides is 1. The first-order chi connectivity index (χ1) is 8.54. The maximum atomic E-state index is 11.8. The Morgan fingerprint density at radius 3 is 2.78 bits per heavy atom. The van der Waals surface area contributed by atoms with Crippen molar-refractivity contribution in [3.05, 3.63) is 18.7 Å². The molecule has 0 aliphatic rings. The monoisotopic (exact) mass is 253 g/mol. The van der Waals surface area contributed by atoms with Crippen LogP contribution in [0.5, 0.6) is 0 Å². The number of aryl methyl sites for hydroxylation is 1. The van der Waals surface area contributed by atoms with Crippen LogP contribution in [0.2, 0.25) is 0 Å². The summed E-state index contributed by atoms with van der Waals surface area (Å²) in [6.07, 6.45) is 5.54. The van der Waals surface area contributed by atoms with Crippen LogP contribution < -0.4 is 0 Å². The van der Waals surface area contributed by atoms with Gasteiger partial charge >= 0.3 is 5.97 Å². The molecule has 18 heavy (non-hydrogen) atoms. The maximum Gasteiger partial charge on any atom is 0.310 e. The van der Waals surface area contributed by atoms with E-state index in [1.165, 1.54) is 7.11 Å². The standard InChI is InChI=1S/C12H19N3O3/c1-10(12(17)18-3)8-14(2)11(16)4-6-15-7-5-13-9-15/h5,7,9-10H,4,6,8H2,1-3H3. The van der Waals surface area contributed by atoms with Crippen molar-refractivity contribution in [2.75, 3.05) is 20.7 Å². The first-order valence-electron chi connectivity index (χ1n) is 5.82. The Bertz CT molecular complexity index is 389. The molecule has 1 heterocycles. The maximum absolute atomic E-state index is 11.8. The second-order valence-electron chi connectivity index (χ2n) is 4.25. The van der Waals surface area contributed by atoms with Crippen molar-refractivity contribution in [3.63, 3.8) is 0 Å². The van der Waals surface area contributed by atoms with Gasteiger partial charge in [0.25, 0.3) is 0 Å². The number of imidazole rings is 1. The van der Waals surface area contributed by atoms with E-state index in [1.54, 1.807) is 31.4 Å². The summed E-state index contributed by atoms with van der Waals surface area (Å²) in [6, 6.07) is 0. The summed E-state index contributed by atoms with van der Waals surface area (Å²) in [5.74, 6) is -0.610. The van der Waals surface area contributed by atoms with E-state index in [0.717, 1.165) is 0 Å². The lowest BCUT2D eigenvalue weighted by atomic mass is 10.1. The van der Waals surface area contributed by atoms with Crippen LogP contribution in [0.1, 0.15) is 13.3 Å². The van der Waals surface area contributed by atoms with Gasteiger partial charge in [-0.25, -0.2) is 4.98 Å². The lowest BCUT2D eigenvalue weighted by Crippen LogP contribution is -2.34. The molecule has 0 saturated carbocycles. The lowest BCUT2D eigenvalue weighted by molar-refractivity contribution is -0.146. The van der Waals surface area contributed by atoms with Crippen LogP contribution in [0.15, 0.2) is 18.7 Å². The number of hydrogen-bond acceptors (Lipinski definition) is 4. The Morgan fingerprint density at radius 1 is 1.50 bits per heavy atom. The third kappa shape index (κ3) is 4.20. The minimum Gasteiger partial charge on any atom is -0.469 e. The van der Waals surface area contributed by atoms with Crippen molar-refractivity contribution >= 4 is 11.9 Å². The van der Waals surface area contributed by atoms with Crippen molar-refractivity contribution in [2.24, 2.45) is 5.92 Å². The lowest BCUT2D eigenvalue weighted by Gasteiger charge is -2.20. The second kappa shape index (κ2) is 6.78. The molecule has 100 valence electrons. The number of ether oxygens (including phenoxy) is 1. The van der Waals surface area contributed by atoms with Crippen LogP contribution >= 0.6 is 0 Å². The van der Waals surface area contributed by atoms with Crippen LogP contribution in [-0.4, -0.2) is 47.0 Å². The number of aromatic nitrogens is 2. The average molecular weight is 253 g/mol. The van der Waals surface area contributed by atoms with E-state index < -0.39 is 0 Å². The Morgan fingerprint density at radius 2 is 2.22 bits per heavy atom. The molecule has 0 fully saturated rings.